The van der Waals surface area contributed by atoms with Gasteiger partial charge >= 0.3 is 134 Å². The van der Waals surface area contributed by atoms with Crippen LogP contribution in [-0.4, -0.2) is 37.8 Å². The summed E-state index contributed by atoms with van der Waals surface area (Å²) in [6.45, 7) is 4.34. The van der Waals surface area contributed by atoms with E-state index >= 15 is 0 Å². The van der Waals surface area contributed by atoms with Crippen molar-refractivity contribution in [1.82, 2.24) is 0 Å². The zero-order valence-corrected chi connectivity index (χ0v) is 16.2. The molecule has 1 fully saturated rings. The molecule has 3 nitrogen and oxygen atoms in total. The molecular formula is C14H28Cl2O3Se. The van der Waals surface area contributed by atoms with Gasteiger partial charge in [0.05, 0.1) is 0 Å². The van der Waals surface area contributed by atoms with Crippen LogP contribution in [0.5, 0.6) is 0 Å². The molecule has 0 radical (unpaired) electrons. The second kappa shape index (κ2) is 9.19. The summed E-state index contributed by atoms with van der Waals surface area (Å²) in [5.74, 6) is 0. The van der Waals surface area contributed by atoms with Crippen molar-refractivity contribution in [3.63, 3.8) is 0 Å². The SMILES string of the molecule is CCCCC1C(OC)OC(OC)C(CCCC)[Se]1(Cl)Cl. The van der Waals surface area contributed by atoms with Gasteiger partial charge in [0, 0.05) is 0 Å². The van der Waals surface area contributed by atoms with E-state index in [4.69, 9.17) is 34.4 Å². The first-order chi connectivity index (χ1) is 9.52. The molecule has 0 aromatic rings. The molecule has 1 rings (SSSR count). The summed E-state index contributed by atoms with van der Waals surface area (Å²) < 4.78 is 16.9. The first kappa shape index (κ1) is 19.0. The molecule has 6 heteroatoms. The second-order valence-corrected chi connectivity index (χ2v) is 16.2. The second-order valence-electron chi connectivity index (χ2n) is 5.26. The van der Waals surface area contributed by atoms with E-state index in [0.717, 1.165) is 38.5 Å². The molecule has 1 saturated heterocycles. The van der Waals surface area contributed by atoms with Crippen LogP contribution < -0.4 is 0 Å². The van der Waals surface area contributed by atoms with Crippen LogP contribution in [0.4, 0.5) is 0 Å². The third kappa shape index (κ3) is 4.49. The molecule has 122 valence electrons. The zero-order chi connectivity index (χ0) is 15.2. The zero-order valence-electron chi connectivity index (χ0n) is 12.9. The number of ether oxygens (including phenoxy) is 3. The predicted octanol–water partition coefficient (Wildman–Crippen LogP) is 5.00. The Balaban J connectivity index is 2.91. The number of halogens is 2. The van der Waals surface area contributed by atoms with Crippen LogP contribution in [-0.2, 0) is 14.2 Å². The Morgan fingerprint density at radius 1 is 0.900 bits per heavy atom. The number of rotatable bonds is 8. The van der Waals surface area contributed by atoms with E-state index in [0.29, 0.717) is 0 Å². The molecule has 4 unspecified atom stereocenters. The van der Waals surface area contributed by atoms with Gasteiger partial charge in [0.15, 0.2) is 0 Å². The van der Waals surface area contributed by atoms with Crippen molar-refractivity contribution in [3.8, 4) is 0 Å². The Labute approximate surface area is 134 Å². The molecule has 4 atom stereocenters. The van der Waals surface area contributed by atoms with Crippen LogP contribution in [0.3, 0.4) is 0 Å². The van der Waals surface area contributed by atoms with Crippen molar-refractivity contribution in [2.45, 2.75) is 74.6 Å². The summed E-state index contributed by atoms with van der Waals surface area (Å²) in [5.41, 5.74) is 0. The summed E-state index contributed by atoms with van der Waals surface area (Å²) in [7, 11) is 17.1. The summed E-state index contributed by atoms with van der Waals surface area (Å²) in [4.78, 5) is 0.264. The van der Waals surface area contributed by atoms with E-state index in [2.05, 4.69) is 13.8 Å². The molecule has 0 bridgehead atoms. The summed E-state index contributed by atoms with van der Waals surface area (Å²) in [5, 5.41) is 0. The Hall–Kier alpha value is 0.979. The number of methoxy groups -OCH3 is 2. The van der Waals surface area contributed by atoms with E-state index < -0.39 is 11.0 Å². The van der Waals surface area contributed by atoms with Gasteiger partial charge in [-0.25, -0.2) is 0 Å². The van der Waals surface area contributed by atoms with Gasteiger partial charge in [-0.2, -0.15) is 0 Å². The van der Waals surface area contributed by atoms with Gasteiger partial charge in [-0.1, -0.05) is 0 Å². The Morgan fingerprint density at radius 3 is 1.60 bits per heavy atom. The summed E-state index contributed by atoms with van der Waals surface area (Å²) in [6, 6.07) is 0. The molecule has 1 heterocycles. The van der Waals surface area contributed by atoms with E-state index in [1.807, 2.05) is 0 Å². The van der Waals surface area contributed by atoms with Crippen molar-refractivity contribution in [1.29, 1.82) is 0 Å². The Morgan fingerprint density at radius 2 is 1.30 bits per heavy atom. The monoisotopic (exact) mass is 394 g/mol. The fourth-order valence-electron chi connectivity index (χ4n) is 2.64. The normalized spacial score (nSPS) is 34.9. The topological polar surface area (TPSA) is 27.7 Å². The van der Waals surface area contributed by atoms with Crippen molar-refractivity contribution in [2.24, 2.45) is 0 Å². The fraction of sp³-hybridized carbons (Fsp3) is 1.00. The fourth-order valence-corrected chi connectivity index (χ4v) is 11.2. The third-order valence-electron chi connectivity index (χ3n) is 3.83. The van der Waals surface area contributed by atoms with Crippen LogP contribution in [0, 0.1) is 0 Å². The van der Waals surface area contributed by atoms with Crippen molar-refractivity contribution in [3.05, 3.63) is 0 Å². The molecule has 1 aliphatic heterocycles. The Bertz CT molecular complexity index is 255. The van der Waals surface area contributed by atoms with Gasteiger partial charge in [0.1, 0.15) is 0 Å². The standard InChI is InChI=1S/C14H28Cl2O3Se/c1-5-7-9-11-13(17-3)19-14(18-4)12(10-8-6-2)20(11,15)16/h11-14H,5-10H2,1-4H3. The van der Waals surface area contributed by atoms with Crippen LogP contribution in [0.15, 0.2) is 0 Å². The predicted molar refractivity (Wildman–Crippen MR) is 86.7 cm³/mol. The number of unbranched alkanes of at least 4 members (excludes halogenated alkanes) is 2. The molecule has 0 saturated carbocycles. The van der Waals surface area contributed by atoms with Gasteiger partial charge in [0.25, 0.3) is 0 Å². The molecule has 20 heavy (non-hydrogen) atoms. The van der Waals surface area contributed by atoms with Crippen molar-refractivity contribution >= 4 is 31.2 Å². The van der Waals surface area contributed by atoms with E-state index in [1.165, 1.54) is 0 Å². The average Bonchev–Trinajstić information content (AvgIpc) is 2.43. The molecule has 0 N–H and O–H groups in total. The van der Waals surface area contributed by atoms with E-state index in [-0.39, 0.29) is 22.2 Å². The Kier molecular flexibility index (Phi) is 8.75. The van der Waals surface area contributed by atoms with Crippen LogP contribution in [0.2, 0.25) is 9.63 Å². The van der Waals surface area contributed by atoms with Gasteiger partial charge in [-0.3, -0.25) is 0 Å². The van der Waals surface area contributed by atoms with E-state index in [9.17, 15) is 0 Å². The van der Waals surface area contributed by atoms with Gasteiger partial charge in [-0.15, -0.1) is 0 Å². The number of hydrogen-bond acceptors (Lipinski definition) is 3. The van der Waals surface area contributed by atoms with Crippen LogP contribution >= 0.6 is 20.2 Å². The first-order valence-electron chi connectivity index (χ1n) is 7.44. The van der Waals surface area contributed by atoms with E-state index in [1.54, 1.807) is 14.2 Å². The van der Waals surface area contributed by atoms with Gasteiger partial charge in [-0.05, 0) is 0 Å². The quantitative estimate of drug-likeness (QED) is 0.543. The van der Waals surface area contributed by atoms with Crippen LogP contribution in [0.1, 0.15) is 52.4 Å². The van der Waals surface area contributed by atoms with Gasteiger partial charge in [0.2, 0.25) is 0 Å². The molecule has 0 spiro atoms. The maximum atomic E-state index is 6.90. The van der Waals surface area contributed by atoms with Crippen LogP contribution in [0.25, 0.3) is 0 Å². The molecule has 0 aromatic carbocycles. The molecular weight excluding hydrogens is 366 g/mol. The summed E-state index contributed by atoms with van der Waals surface area (Å²) in [6.07, 6.45) is 5.73. The molecule has 0 aliphatic carbocycles. The van der Waals surface area contributed by atoms with Gasteiger partial charge < -0.3 is 0 Å². The van der Waals surface area contributed by atoms with Crippen molar-refractivity contribution in [2.75, 3.05) is 14.2 Å². The molecule has 0 amide bonds. The number of hydrogen-bond donors (Lipinski definition) is 0. The third-order valence-corrected chi connectivity index (χ3v) is 13.9. The minimum absolute atomic E-state index is 0.132. The first-order valence-corrected chi connectivity index (χ1v) is 13.9. The molecule has 0 aromatic heterocycles. The summed E-state index contributed by atoms with van der Waals surface area (Å²) >= 11 is -2.73. The molecule has 1 aliphatic rings. The minimum atomic E-state index is -2.73. The van der Waals surface area contributed by atoms with Crippen molar-refractivity contribution < 1.29 is 14.2 Å². The average molecular weight is 394 g/mol. The maximum absolute atomic E-state index is 6.90.